The Bertz CT molecular complexity index is 877. The molecule has 0 bridgehead atoms. The Morgan fingerprint density at radius 3 is 2.58 bits per heavy atom. The molecule has 0 fully saturated rings. The number of aliphatic imine (C=N–C) groups is 1. The van der Waals surface area contributed by atoms with Gasteiger partial charge in [0, 0.05) is 15.3 Å². The van der Waals surface area contributed by atoms with Gasteiger partial charge in [-0.2, -0.15) is 13.2 Å². The Labute approximate surface area is 163 Å². The Balaban J connectivity index is 2.10. The van der Waals surface area contributed by atoms with Crippen molar-refractivity contribution in [2.24, 2.45) is 4.99 Å². The Kier molecular flexibility index (Phi) is 5.02. The summed E-state index contributed by atoms with van der Waals surface area (Å²) in [6.45, 7) is 5.14. The average molecular weight is 476 g/mol. The predicted molar refractivity (Wildman–Crippen MR) is 103 cm³/mol. The van der Waals surface area contributed by atoms with Gasteiger partial charge in [0.15, 0.2) is 0 Å². The molecule has 3 rings (SSSR count). The van der Waals surface area contributed by atoms with Crippen molar-refractivity contribution in [2.75, 3.05) is 4.90 Å². The van der Waals surface area contributed by atoms with E-state index in [1.165, 1.54) is 19.1 Å². The third kappa shape index (κ3) is 3.33. The topological polar surface area (TPSA) is 15.6 Å². The number of alkyl halides is 3. The van der Waals surface area contributed by atoms with Crippen molar-refractivity contribution in [2.45, 2.75) is 39.2 Å². The smallest absolute Gasteiger partial charge is 0.342 e. The zero-order valence-corrected chi connectivity index (χ0v) is 16.6. The second-order valence-corrected chi connectivity index (χ2v) is 7.50. The molecule has 26 heavy (non-hydrogen) atoms. The first-order valence-electron chi connectivity index (χ1n) is 8.08. The summed E-state index contributed by atoms with van der Waals surface area (Å²) < 4.78 is 54.4. The van der Waals surface area contributed by atoms with E-state index in [9.17, 15) is 17.6 Å². The third-order valence-corrected chi connectivity index (χ3v) is 5.55. The summed E-state index contributed by atoms with van der Waals surface area (Å²) in [5.74, 6) is -0.357. The van der Waals surface area contributed by atoms with E-state index in [0.717, 1.165) is 11.6 Å². The minimum atomic E-state index is -4.41. The molecule has 0 radical (unpaired) electrons. The van der Waals surface area contributed by atoms with E-state index >= 15 is 0 Å². The maximum Gasteiger partial charge on any atom is 0.416 e. The molecule has 1 unspecified atom stereocenters. The quantitative estimate of drug-likeness (QED) is 0.378. The summed E-state index contributed by atoms with van der Waals surface area (Å²) in [5, 5.41) is 0. The minimum Gasteiger partial charge on any atom is -0.342 e. The maximum absolute atomic E-state index is 14.1. The van der Waals surface area contributed by atoms with Crippen LogP contribution < -0.4 is 4.90 Å². The fraction of sp³-hybridized carbons (Fsp3) is 0.316. The van der Waals surface area contributed by atoms with E-state index in [4.69, 9.17) is 0 Å². The highest BCUT2D eigenvalue weighted by molar-refractivity contribution is 14.1. The van der Waals surface area contributed by atoms with Gasteiger partial charge >= 0.3 is 6.18 Å². The van der Waals surface area contributed by atoms with Crippen LogP contribution in [0.25, 0.3) is 0 Å². The van der Waals surface area contributed by atoms with Crippen molar-refractivity contribution >= 4 is 34.5 Å². The van der Waals surface area contributed by atoms with Crippen molar-refractivity contribution in [1.29, 1.82) is 0 Å². The zero-order chi connectivity index (χ0) is 19.2. The van der Waals surface area contributed by atoms with Gasteiger partial charge in [0.2, 0.25) is 0 Å². The normalized spacial score (nSPS) is 18.0. The van der Waals surface area contributed by atoms with Crippen LogP contribution >= 0.6 is 22.6 Å². The monoisotopic (exact) mass is 476 g/mol. The van der Waals surface area contributed by atoms with Crippen LogP contribution in [-0.4, -0.2) is 12.4 Å². The van der Waals surface area contributed by atoms with Gasteiger partial charge in [0.1, 0.15) is 12.0 Å². The summed E-state index contributed by atoms with van der Waals surface area (Å²) in [4.78, 5) is 6.28. The first-order chi connectivity index (χ1) is 12.1. The van der Waals surface area contributed by atoms with Gasteiger partial charge in [-0.1, -0.05) is 12.1 Å². The lowest BCUT2D eigenvalue weighted by molar-refractivity contribution is -0.138. The van der Waals surface area contributed by atoms with Crippen LogP contribution in [-0.2, 0) is 6.18 Å². The van der Waals surface area contributed by atoms with E-state index in [2.05, 4.69) is 4.99 Å². The molecule has 0 spiro atoms. The SMILES string of the molecule is Cc1c(C(C)N2c3cc(F)c(I)cc3C=N[C@@H]2C)cccc1C(F)(F)F. The summed E-state index contributed by atoms with van der Waals surface area (Å²) in [5.41, 5.74) is 1.47. The number of nitrogens with zero attached hydrogens (tertiary/aromatic N) is 2. The first kappa shape index (κ1) is 19.1. The van der Waals surface area contributed by atoms with Crippen molar-refractivity contribution in [3.63, 3.8) is 0 Å². The molecule has 0 aromatic heterocycles. The number of benzene rings is 2. The molecule has 2 nitrogen and oxygen atoms in total. The molecule has 138 valence electrons. The third-order valence-electron chi connectivity index (χ3n) is 4.73. The van der Waals surface area contributed by atoms with E-state index in [1.807, 2.05) is 41.3 Å². The number of hydrogen-bond donors (Lipinski definition) is 0. The zero-order valence-electron chi connectivity index (χ0n) is 14.4. The first-order valence-corrected chi connectivity index (χ1v) is 9.16. The fourth-order valence-electron chi connectivity index (χ4n) is 3.44. The van der Waals surface area contributed by atoms with E-state index in [1.54, 1.807) is 18.3 Å². The molecule has 1 aliphatic heterocycles. The highest BCUT2D eigenvalue weighted by atomic mass is 127. The molecule has 2 aromatic rings. The Morgan fingerprint density at radius 1 is 1.23 bits per heavy atom. The second-order valence-electron chi connectivity index (χ2n) is 6.34. The van der Waals surface area contributed by atoms with Crippen LogP contribution in [0.4, 0.5) is 23.2 Å². The summed E-state index contributed by atoms with van der Waals surface area (Å²) in [7, 11) is 0. The Hall–Kier alpha value is -1.64. The minimum absolute atomic E-state index is 0.182. The molecule has 2 aromatic carbocycles. The van der Waals surface area contributed by atoms with Gasteiger partial charge in [-0.3, -0.25) is 4.99 Å². The van der Waals surface area contributed by atoms with E-state index in [-0.39, 0.29) is 17.5 Å². The van der Waals surface area contributed by atoms with Gasteiger partial charge in [-0.15, -0.1) is 0 Å². The number of halogens is 5. The highest BCUT2D eigenvalue weighted by Gasteiger charge is 2.35. The lowest BCUT2D eigenvalue weighted by atomic mass is 9.95. The molecule has 0 amide bonds. The van der Waals surface area contributed by atoms with Crippen molar-refractivity contribution in [3.05, 3.63) is 62.0 Å². The maximum atomic E-state index is 14.1. The Morgan fingerprint density at radius 2 is 1.92 bits per heavy atom. The highest BCUT2D eigenvalue weighted by Crippen LogP contribution is 2.39. The standard InChI is InChI=1S/C19H17F4IN2/c1-10-14(5-4-6-15(10)19(21,22)23)11(2)26-12(3)25-9-13-7-17(24)16(20)8-18(13)26/h4-9,11-12H,1-3H3/t11?,12-/m0/s1. The van der Waals surface area contributed by atoms with E-state index in [0.29, 0.717) is 14.8 Å². The molecular formula is C19H17F4IN2. The number of hydrogen-bond acceptors (Lipinski definition) is 2. The van der Waals surface area contributed by atoms with Crippen LogP contribution in [0.3, 0.4) is 0 Å². The van der Waals surface area contributed by atoms with Crippen LogP contribution in [0.15, 0.2) is 35.3 Å². The van der Waals surface area contributed by atoms with Crippen molar-refractivity contribution in [3.8, 4) is 0 Å². The molecule has 0 saturated heterocycles. The molecule has 1 aliphatic rings. The van der Waals surface area contributed by atoms with E-state index < -0.39 is 17.8 Å². The lowest BCUT2D eigenvalue weighted by Gasteiger charge is -2.39. The number of fused-ring (bicyclic) bond motifs is 1. The fourth-order valence-corrected chi connectivity index (χ4v) is 3.93. The number of rotatable bonds is 2. The van der Waals surface area contributed by atoms with Crippen molar-refractivity contribution < 1.29 is 17.6 Å². The predicted octanol–water partition coefficient (Wildman–Crippen LogP) is 6.10. The molecule has 0 aliphatic carbocycles. The van der Waals surface area contributed by atoms with Crippen LogP contribution in [0.2, 0.25) is 0 Å². The van der Waals surface area contributed by atoms with Gasteiger partial charge in [-0.25, -0.2) is 4.39 Å². The summed E-state index contributed by atoms with van der Waals surface area (Å²) in [6, 6.07) is 6.90. The molecule has 0 N–H and O–H groups in total. The second kappa shape index (κ2) is 6.83. The largest absolute Gasteiger partial charge is 0.416 e. The lowest BCUT2D eigenvalue weighted by Crippen LogP contribution is -2.38. The molecular weight excluding hydrogens is 459 g/mol. The van der Waals surface area contributed by atoms with Gasteiger partial charge < -0.3 is 4.90 Å². The van der Waals surface area contributed by atoms with Crippen LogP contribution in [0.5, 0.6) is 0 Å². The molecule has 2 atom stereocenters. The van der Waals surface area contributed by atoms with Crippen LogP contribution in [0, 0.1) is 16.3 Å². The molecule has 7 heteroatoms. The average Bonchev–Trinajstić information content (AvgIpc) is 2.55. The summed E-state index contributed by atoms with van der Waals surface area (Å²) in [6.07, 6.45) is -3.04. The number of anilines is 1. The molecule has 1 heterocycles. The van der Waals surface area contributed by atoms with Gasteiger partial charge in [-0.05, 0) is 72.7 Å². The van der Waals surface area contributed by atoms with Gasteiger partial charge in [0.05, 0.1) is 17.3 Å². The van der Waals surface area contributed by atoms with Gasteiger partial charge in [0.25, 0.3) is 0 Å². The molecule has 0 saturated carbocycles. The summed E-state index contributed by atoms with van der Waals surface area (Å²) >= 11 is 1.91. The van der Waals surface area contributed by atoms with Crippen LogP contribution in [0.1, 0.15) is 42.1 Å². The van der Waals surface area contributed by atoms with Crippen molar-refractivity contribution in [1.82, 2.24) is 0 Å².